The molecular formula is C24H27F3N2O3. The third kappa shape index (κ3) is 4.96. The Labute approximate surface area is 185 Å². The first kappa shape index (κ1) is 23.8. The van der Waals surface area contributed by atoms with Crippen LogP contribution in [0.15, 0.2) is 42.5 Å². The predicted octanol–water partition coefficient (Wildman–Crippen LogP) is 4.28. The quantitative estimate of drug-likeness (QED) is 0.620. The Morgan fingerprint density at radius 3 is 2.19 bits per heavy atom. The average molecular weight is 448 g/mol. The van der Waals surface area contributed by atoms with Crippen molar-refractivity contribution in [2.45, 2.75) is 44.3 Å². The van der Waals surface area contributed by atoms with Crippen LogP contribution in [0.25, 0.3) is 11.1 Å². The fourth-order valence-electron chi connectivity index (χ4n) is 4.41. The van der Waals surface area contributed by atoms with E-state index >= 15 is 0 Å². The highest BCUT2D eigenvalue weighted by molar-refractivity contribution is 6.00. The Balaban J connectivity index is 1.90. The van der Waals surface area contributed by atoms with E-state index < -0.39 is 22.9 Å². The Morgan fingerprint density at radius 2 is 1.69 bits per heavy atom. The van der Waals surface area contributed by atoms with E-state index in [1.807, 2.05) is 13.1 Å². The minimum atomic E-state index is -4.91. The Kier molecular flexibility index (Phi) is 6.93. The van der Waals surface area contributed by atoms with Crippen molar-refractivity contribution in [3.05, 3.63) is 53.6 Å². The molecule has 2 aromatic rings. The molecule has 0 heterocycles. The molecule has 5 nitrogen and oxygen atoms in total. The monoisotopic (exact) mass is 448 g/mol. The van der Waals surface area contributed by atoms with Crippen LogP contribution in [0.3, 0.4) is 0 Å². The molecule has 0 bridgehead atoms. The summed E-state index contributed by atoms with van der Waals surface area (Å²) in [5.41, 5.74) is 6.95. The Bertz CT molecular complexity index is 979. The second kappa shape index (κ2) is 9.32. The number of halogens is 3. The van der Waals surface area contributed by atoms with Crippen molar-refractivity contribution in [3.8, 4) is 16.9 Å². The summed E-state index contributed by atoms with van der Waals surface area (Å²) in [6.07, 6.45) is -1.48. The van der Waals surface area contributed by atoms with Crippen LogP contribution < -0.4 is 15.8 Å². The highest BCUT2D eigenvalue weighted by atomic mass is 19.4. The second-order valence-electron chi connectivity index (χ2n) is 8.32. The summed E-state index contributed by atoms with van der Waals surface area (Å²) in [7, 11) is 3.45. The lowest BCUT2D eigenvalue weighted by Gasteiger charge is -2.38. The number of methoxy groups -OCH3 is 1. The highest BCUT2D eigenvalue weighted by Gasteiger charge is 2.41. The van der Waals surface area contributed by atoms with E-state index in [4.69, 9.17) is 10.5 Å². The SMILES string of the molecule is CNC1CCC(Cc2cc(-c3ccc(C(=O)C(F)(F)F)cc3)ccc2OC)(C(N)=O)CC1. The van der Waals surface area contributed by atoms with Gasteiger partial charge < -0.3 is 15.8 Å². The molecule has 0 aromatic heterocycles. The van der Waals surface area contributed by atoms with Gasteiger partial charge in [0.05, 0.1) is 12.5 Å². The molecule has 0 saturated heterocycles. The maximum absolute atomic E-state index is 12.7. The number of hydrogen-bond donors (Lipinski definition) is 2. The number of rotatable bonds is 7. The van der Waals surface area contributed by atoms with E-state index in [1.165, 1.54) is 24.3 Å². The first-order valence-corrected chi connectivity index (χ1v) is 10.5. The molecule has 3 rings (SSSR count). The predicted molar refractivity (Wildman–Crippen MR) is 115 cm³/mol. The lowest BCUT2D eigenvalue weighted by molar-refractivity contribution is -0.129. The number of carbonyl (C=O) groups is 2. The zero-order chi connectivity index (χ0) is 23.5. The smallest absolute Gasteiger partial charge is 0.454 e. The van der Waals surface area contributed by atoms with Crippen LogP contribution in [0.5, 0.6) is 5.75 Å². The largest absolute Gasteiger partial charge is 0.496 e. The summed E-state index contributed by atoms with van der Waals surface area (Å²) < 4.78 is 43.5. The lowest BCUT2D eigenvalue weighted by Crippen LogP contribution is -2.45. The highest BCUT2D eigenvalue weighted by Crippen LogP contribution is 2.41. The van der Waals surface area contributed by atoms with Crippen LogP contribution in [0.4, 0.5) is 13.2 Å². The summed E-state index contributed by atoms with van der Waals surface area (Å²) in [4.78, 5) is 23.9. The fourth-order valence-corrected chi connectivity index (χ4v) is 4.41. The van der Waals surface area contributed by atoms with Gasteiger partial charge in [-0.2, -0.15) is 13.2 Å². The molecule has 3 N–H and O–H groups in total. The van der Waals surface area contributed by atoms with Gasteiger partial charge in [0, 0.05) is 11.6 Å². The van der Waals surface area contributed by atoms with Crippen molar-refractivity contribution in [3.63, 3.8) is 0 Å². The van der Waals surface area contributed by atoms with Crippen LogP contribution >= 0.6 is 0 Å². The second-order valence-corrected chi connectivity index (χ2v) is 8.32. The third-order valence-electron chi connectivity index (χ3n) is 6.42. The van der Waals surface area contributed by atoms with Gasteiger partial charge in [0.2, 0.25) is 5.91 Å². The van der Waals surface area contributed by atoms with Crippen LogP contribution in [0, 0.1) is 5.41 Å². The van der Waals surface area contributed by atoms with E-state index in [0.29, 0.717) is 36.6 Å². The molecule has 1 saturated carbocycles. The maximum atomic E-state index is 12.7. The number of primary amides is 1. The zero-order valence-electron chi connectivity index (χ0n) is 18.1. The number of ketones is 1. The van der Waals surface area contributed by atoms with Crippen molar-refractivity contribution >= 4 is 11.7 Å². The molecule has 1 amide bonds. The van der Waals surface area contributed by atoms with Crippen molar-refractivity contribution in [1.82, 2.24) is 5.32 Å². The number of amides is 1. The number of hydrogen-bond acceptors (Lipinski definition) is 4. The molecule has 0 aliphatic heterocycles. The van der Waals surface area contributed by atoms with Crippen LogP contribution in [-0.4, -0.2) is 38.1 Å². The van der Waals surface area contributed by atoms with Gasteiger partial charge in [-0.3, -0.25) is 9.59 Å². The molecule has 1 fully saturated rings. The normalized spacial score (nSPS) is 21.2. The van der Waals surface area contributed by atoms with Gasteiger partial charge in [0.25, 0.3) is 5.78 Å². The molecule has 0 unspecified atom stereocenters. The molecule has 32 heavy (non-hydrogen) atoms. The summed E-state index contributed by atoms with van der Waals surface area (Å²) in [6, 6.07) is 11.1. The molecule has 2 aromatic carbocycles. The van der Waals surface area contributed by atoms with Gasteiger partial charge in [0.1, 0.15) is 5.75 Å². The molecule has 172 valence electrons. The molecule has 8 heteroatoms. The molecule has 0 radical (unpaired) electrons. The third-order valence-corrected chi connectivity index (χ3v) is 6.42. The summed E-state index contributed by atoms with van der Waals surface area (Å²) in [6.45, 7) is 0. The summed E-state index contributed by atoms with van der Waals surface area (Å²) in [5.74, 6) is -1.59. The van der Waals surface area contributed by atoms with Crippen LogP contribution in [-0.2, 0) is 11.2 Å². The first-order valence-electron chi connectivity index (χ1n) is 10.5. The zero-order valence-corrected chi connectivity index (χ0v) is 18.1. The van der Waals surface area contributed by atoms with E-state index in [1.54, 1.807) is 19.2 Å². The van der Waals surface area contributed by atoms with Crippen molar-refractivity contribution < 1.29 is 27.5 Å². The van der Waals surface area contributed by atoms with Gasteiger partial charge in [-0.15, -0.1) is 0 Å². The number of Topliss-reactive ketones (excluding diaryl/α,β-unsaturated/α-hetero) is 1. The number of nitrogens with two attached hydrogens (primary N) is 1. The van der Waals surface area contributed by atoms with E-state index in [-0.39, 0.29) is 5.91 Å². The van der Waals surface area contributed by atoms with Gasteiger partial charge >= 0.3 is 6.18 Å². The topological polar surface area (TPSA) is 81.4 Å². The molecule has 0 spiro atoms. The maximum Gasteiger partial charge on any atom is 0.454 e. The van der Waals surface area contributed by atoms with Gasteiger partial charge in [-0.05, 0) is 68.0 Å². The Morgan fingerprint density at radius 1 is 1.09 bits per heavy atom. The summed E-state index contributed by atoms with van der Waals surface area (Å²) in [5, 5.41) is 3.25. The van der Waals surface area contributed by atoms with Crippen molar-refractivity contribution in [2.24, 2.45) is 11.1 Å². The number of carbonyl (C=O) groups excluding carboxylic acids is 2. The van der Waals surface area contributed by atoms with Crippen molar-refractivity contribution in [2.75, 3.05) is 14.2 Å². The van der Waals surface area contributed by atoms with Crippen LogP contribution in [0.1, 0.15) is 41.6 Å². The van der Waals surface area contributed by atoms with Gasteiger partial charge in [-0.25, -0.2) is 0 Å². The number of alkyl halides is 3. The average Bonchev–Trinajstić information content (AvgIpc) is 2.78. The van der Waals surface area contributed by atoms with Gasteiger partial charge in [0.15, 0.2) is 0 Å². The lowest BCUT2D eigenvalue weighted by atomic mass is 9.68. The molecule has 1 aliphatic rings. The number of benzene rings is 2. The Hall–Kier alpha value is -2.87. The summed E-state index contributed by atoms with van der Waals surface area (Å²) >= 11 is 0. The fraction of sp³-hybridized carbons (Fsp3) is 0.417. The van der Waals surface area contributed by atoms with E-state index in [2.05, 4.69) is 5.32 Å². The first-order chi connectivity index (χ1) is 15.1. The molecular weight excluding hydrogens is 421 g/mol. The van der Waals surface area contributed by atoms with Gasteiger partial charge in [-0.1, -0.05) is 30.3 Å². The van der Waals surface area contributed by atoms with Crippen molar-refractivity contribution in [1.29, 1.82) is 0 Å². The molecule has 1 aliphatic carbocycles. The van der Waals surface area contributed by atoms with E-state index in [9.17, 15) is 22.8 Å². The standard InChI is InChI=1S/C24H27F3N2O3/c1-29-19-9-11-23(12-10-19,22(28)31)14-18-13-17(7-8-20(18)32-2)15-3-5-16(6-4-15)21(30)24(25,26)27/h3-8,13,19,29H,9-12,14H2,1-2H3,(H2,28,31). The van der Waals surface area contributed by atoms with Crippen LogP contribution in [0.2, 0.25) is 0 Å². The number of nitrogens with one attached hydrogen (secondary N) is 1. The minimum Gasteiger partial charge on any atom is -0.496 e. The number of ether oxygens (including phenoxy) is 1. The van der Waals surface area contributed by atoms with E-state index in [0.717, 1.165) is 24.0 Å². The minimum absolute atomic E-state index is 0.338. The molecule has 0 atom stereocenters.